The zero-order chi connectivity index (χ0) is 9.52. The van der Waals surface area contributed by atoms with Gasteiger partial charge in [0.2, 0.25) is 5.91 Å². The van der Waals surface area contributed by atoms with Gasteiger partial charge < -0.3 is 10.6 Å². The van der Waals surface area contributed by atoms with Crippen LogP contribution in [0.3, 0.4) is 0 Å². The highest BCUT2D eigenvalue weighted by Crippen LogP contribution is 2.07. The Morgan fingerprint density at radius 3 is 3.15 bits per heavy atom. The lowest BCUT2D eigenvalue weighted by Gasteiger charge is -2.13. The highest BCUT2D eigenvalue weighted by molar-refractivity contribution is 5.81. The van der Waals surface area contributed by atoms with E-state index in [1.165, 1.54) is 12.8 Å². The number of carbonyl (C=O) groups excluding carboxylic acids is 1. The molecule has 1 aliphatic heterocycles. The molecule has 1 atom stereocenters. The quantitative estimate of drug-likeness (QED) is 0.599. The van der Waals surface area contributed by atoms with E-state index in [4.69, 9.17) is 6.42 Å². The van der Waals surface area contributed by atoms with Crippen LogP contribution in [-0.4, -0.2) is 25.0 Å². The van der Waals surface area contributed by atoms with E-state index in [0.717, 1.165) is 19.4 Å². The maximum atomic E-state index is 11.4. The summed E-state index contributed by atoms with van der Waals surface area (Å²) in [6.07, 6.45) is 9.49. The Balaban J connectivity index is 2.31. The molecule has 1 heterocycles. The molecule has 0 saturated carbocycles. The van der Waals surface area contributed by atoms with Crippen LogP contribution < -0.4 is 10.6 Å². The van der Waals surface area contributed by atoms with E-state index in [1.54, 1.807) is 0 Å². The zero-order valence-electron chi connectivity index (χ0n) is 7.81. The molecule has 0 bridgehead atoms. The number of hydrogen-bond acceptors (Lipinski definition) is 2. The van der Waals surface area contributed by atoms with Crippen LogP contribution >= 0.6 is 0 Å². The molecule has 1 aliphatic rings. The molecule has 13 heavy (non-hydrogen) atoms. The van der Waals surface area contributed by atoms with Crippen LogP contribution in [0.2, 0.25) is 0 Å². The third-order valence-electron chi connectivity index (χ3n) is 2.24. The van der Waals surface area contributed by atoms with Crippen LogP contribution in [0.5, 0.6) is 0 Å². The van der Waals surface area contributed by atoms with Gasteiger partial charge in [0.05, 0.1) is 12.6 Å². The molecule has 0 radical (unpaired) electrons. The van der Waals surface area contributed by atoms with Gasteiger partial charge >= 0.3 is 0 Å². The van der Waals surface area contributed by atoms with E-state index in [0.29, 0.717) is 6.54 Å². The second kappa shape index (κ2) is 5.60. The first-order valence-electron chi connectivity index (χ1n) is 4.79. The lowest BCUT2D eigenvalue weighted by atomic mass is 10.1. The van der Waals surface area contributed by atoms with Crippen LogP contribution in [0.25, 0.3) is 0 Å². The molecule has 0 aromatic heterocycles. The van der Waals surface area contributed by atoms with Crippen molar-refractivity contribution in [1.29, 1.82) is 0 Å². The predicted molar refractivity (Wildman–Crippen MR) is 52.1 cm³/mol. The van der Waals surface area contributed by atoms with E-state index in [9.17, 15) is 4.79 Å². The summed E-state index contributed by atoms with van der Waals surface area (Å²) in [5.74, 6) is 2.44. The van der Waals surface area contributed by atoms with Crippen molar-refractivity contribution in [1.82, 2.24) is 10.6 Å². The van der Waals surface area contributed by atoms with Gasteiger partial charge in [-0.15, -0.1) is 6.42 Å². The third kappa shape index (κ3) is 3.47. The van der Waals surface area contributed by atoms with Gasteiger partial charge in [-0.3, -0.25) is 4.79 Å². The molecule has 0 aromatic carbocycles. The summed E-state index contributed by atoms with van der Waals surface area (Å²) in [7, 11) is 0. The average molecular weight is 180 g/mol. The van der Waals surface area contributed by atoms with Crippen molar-refractivity contribution < 1.29 is 4.79 Å². The summed E-state index contributed by atoms with van der Waals surface area (Å²) < 4.78 is 0. The molecular formula is C10H16N2O. The maximum Gasteiger partial charge on any atom is 0.237 e. The van der Waals surface area contributed by atoms with Gasteiger partial charge in [-0.1, -0.05) is 18.8 Å². The van der Waals surface area contributed by atoms with Crippen molar-refractivity contribution in [2.24, 2.45) is 0 Å². The van der Waals surface area contributed by atoms with Crippen molar-refractivity contribution in [2.45, 2.75) is 31.7 Å². The molecule has 1 amide bonds. The standard InChI is InChI=1S/C10H16N2O/c1-2-7-12-10(13)9-6-4-3-5-8-11-9/h1,9,11H,3-8H2,(H,12,13). The van der Waals surface area contributed by atoms with Gasteiger partial charge in [0.1, 0.15) is 0 Å². The molecule has 72 valence electrons. The fourth-order valence-electron chi connectivity index (χ4n) is 1.51. The number of nitrogens with one attached hydrogen (secondary N) is 2. The Labute approximate surface area is 79.3 Å². The summed E-state index contributed by atoms with van der Waals surface area (Å²) in [5.41, 5.74) is 0. The number of amides is 1. The third-order valence-corrected chi connectivity index (χ3v) is 2.24. The lowest BCUT2D eigenvalue weighted by Crippen LogP contribution is -2.43. The van der Waals surface area contributed by atoms with Gasteiger partial charge in [0.15, 0.2) is 0 Å². The first kappa shape index (κ1) is 10.1. The molecule has 1 rings (SSSR count). The summed E-state index contributed by atoms with van der Waals surface area (Å²) in [6.45, 7) is 1.27. The summed E-state index contributed by atoms with van der Waals surface area (Å²) in [4.78, 5) is 11.4. The fraction of sp³-hybridized carbons (Fsp3) is 0.700. The van der Waals surface area contributed by atoms with E-state index >= 15 is 0 Å². The molecule has 0 aromatic rings. The minimum absolute atomic E-state index is 0.0316. The molecule has 0 spiro atoms. The summed E-state index contributed by atoms with van der Waals surface area (Å²) in [6, 6.07) is -0.0316. The first-order chi connectivity index (χ1) is 6.34. The lowest BCUT2D eigenvalue weighted by molar-refractivity contribution is -0.123. The van der Waals surface area contributed by atoms with E-state index in [-0.39, 0.29) is 11.9 Å². The average Bonchev–Trinajstić information content (AvgIpc) is 2.42. The molecule has 2 N–H and O–H groups in total. The van der Waals surface area contributed by atoms with Crippen LogP contribution in [0.4, 0.5) is 0 Å². The second-order valence-electron chi connectivity index (χ2n) is 3.28. The van der Waals surface area contributed by atoms with Crippen molar-refractivity contribution in [3.63, 3.8) is 0 Å². The SMILES string of the molecule is C#CCNC(=O)C1CCCCCN1. The highest BCUT2D eigenvalue weighted by atomic mass is 16.2. The minimum atomic E-state index is -0.0316. The zero-order valence-corrected chi connectivity index (χ0v) is 7.81. The van der Waals surface area contributed by atoms with Crippen molar-refractivity contribution in [2.75, 3.05) is 13.1 Å². The predicted octanol–water partition coefficient (Wildman–Crippen LogP) is 0.268. The fourth-order valence-corrected chi connectivity index (χ4v) is 1.51. The molecule has 1 fully saturated rings. The van der Waals surface area contributed by atoms with Crippen molar-refractivity contribution >= 4 is 5.91 Å². The van der Waals surface area contributed by atoms with Crippen LogP contribution in [0, 0.1) is 12.3 Å². The molecule has 1 saturated heterocycles. The van der Waals surface area contributed by atoms with Crippen LogP contribution in [0.1, 0.15) is 25.7 Å². The van der Waals surface area contributed by atoms with Crippen molar-refractivity contribution in [3.05, 3.63) is 0 Å². The van der Waals surface area contributed by atoms with Gasteiger partial charge in [-0.2, -0.15) is 0 Å². The topological polar surface area (TPSA) is 41.1 Å². The largest absolute Gasteiger partial charge is 0.344 e. The monoisotopic (exact) mass is 180 g/mol. The maximum absolute atomic E-state index is 11.4. The molecule has 1 unspecified atom stereocenters. The Morgan fingerprint density at radius 1 is 1.54 bits per heavy atom. The number of terminal acetylenes is 1. The normalized spacial score (nSPS) is 22.8. The molecular weight excluding hydrogens is 164 g/mol. The van der Waals surface area contributed by atoms with Crippen LogP contribution in [-0.2, 0) is 4.79 Å². The smallest absolute Gasteiger partial charge is 0.237 e. The summed E-state index contributed by atoms with van der Waals surface area (Å²) in [5, 5.41) is 5.90. The summed E-state index contributed by atoms with van der Waals surface area (Å²) >= 11 is 0. The Hall–Kier alpha value is -1.01. The van der Waals surface area contributed by atoms with Crippen LogP contribution in [0.15, 0.2) is 0 Å². The van der Waals surface area contributed by atoms with Gasteiger partial charge in [-0.25, -0.2) is 0 Å². The minimum Gasteiger partial charge on any atom is -0.344 e. The highest BCUT2D eigenvalue weighted by Gasteiger charge is 2.18. The van der Waals surface area contributed by atoms with Gasteiger partial charge in [0, 0.05) is 0 Å². The Kier molecular flexibility index (Phi) is 4.34. The van der Waals surface area contributed by atoms with E-state index < -0.39 is 0 Å². The first-order valence-corrected chi connectivity index (χ1v) is 4.79. The number of carbonyl (C=O) groups is 1. The van der Waals surface area contributed by atoms with Crippen molar-refractivity contribution in [3.8, 4) is 12.3 Å². The Bertz CT molecular complexity index is 199. The van der Waals surface area contributed by atoms with Gasteiger partial charge in [-0.05, 0) is 19.4 Å². The molecule has 3 heteroatoms. The molecule has 3 nitrogen and oxygen atoms in total. The number of rotatable bonds is 2. The van der Waals surface area contributed by atoms with Gasteiger partial charge in [0.25, 0.3) is 0 Å². The van der Waals surface area contributed by atoms with E-state index in [1.807, 2.05) is 0 Å². The second-order valence-corrected chi connectivity index (χ2v) is 3.28. The Morgan fingerprint density at radius 2 is 2.38 bits per heavy atom. The molecule has 0 aliphatic carbocycles. The van der Waals surface area contributed by atoms with E-state index in [2.05, 4.69) is 16.6 Å². The number of hydrogen-bond donors (Lipinski definition) is 2.